The number of rotatable bonds is 5. The zero-order chi connectivity index (χ0) is 13.7. The van der Waals surface area contributed by atoms with E-state index in [2.05, 4.69) is 24.4 Å². The third kappa shape index (κ3) is 4.39. The minimum absolute atomic E-state index is 0. The van der Waals surface area contributed by atoms with Gasteiger partial charge in [-0.25, -0.2) is 0 Å². The van der Waals surface area contributed by atoms with Crippen LogP contribution in [0.1, 0.15) is 25.3 Å². The molecule has 0 radical (unpaired) electrons. The molecule has 0 amide bonds. The van der Waals surface area contributed by atoms with Crippen LogP contribution < -0.4 is 10.1 Å². The summed E-state index contributed by atoms with van der Waals surface area (Å²) in [4.78, 5) is 11.4. The average Bonchev–Trinajstić information content (AvgIpc) is 2.89. The second-order valence-electron chi connectivity index (χ2n) is 4.85. The molecule has 112 valence electrons. The molecule has 0 bridgehead atoms. The number of ether oxygens (including phenoxy) is 2. The van der Waals surface area contributed by atoms with Crippen LogP contribution in [0.5, 0.6) is 5.75 Å². The van der Waals surface area contributed by atoms with Crippen molar-refractivity contribution >= 4 is 18.4 Å². The molecular formula is C15H22ClNO3. The number of hydrogen-bond donors (Lipinski definition) is 1. The van der Waals surface area contributed by atoms with Crippen molar-refractivity contribution in [3.8, 4) is 5.75 Å². The Kier molecular flexibility index (Phi) is 6.82. The molecule has 1 aliphatic rings. The first kappa shape index (κ1) is 16.8. The molecular weight excluding hydrogens is 278 g/mol. The highest BCUT2D eigenvalue weighted by Crippen LogP contribution is 2.19. The van der Waals surface area contributed by atoms with Crippen LogP contribution in [0.15, 0.2) is 24.3 Å². The van der Waals surface area contributed by atoms with Gasteiger partial charge >= 0.3 is 5.97 Å². The van der Waals surface area contributed by atoms with Crippen molar-refractivity contribution in [3.05, 3.63) is 29.8 Å². The van der Waals surface area contributed by atoms with Crippen molar-refractivity contribution in [3.63, 3.8) is 0 Å². The molecule has 2 rings (SSSR count). The van der Waals surface area contributed by atoms with E-state index < -0.39 is 0 Å². The lowest BCUT2D eigenvalue weighted by atomic mass is 10.1. The van der Waals surface area contributed by atoms with Gasteiger partial charge in [-0.05, 0) is 24.1 Å². The van der Waals surface area contributed by atoms with Crippen LogP contribution in [0.3, 0.4) is 0 Å². The second-order valence-corrected chi connectivity index (χ2v) is 4.85. The molecule has 0 aliphatic carbocycles. The summed E-state index contributed by atoms with van der Waals surface area (Å²) in [5.74, 6) is 0.640. The van der Waals surface area contributed by atoms with Gasteiger partial charge in [-0.15, -0.1) is 12.4 Å². The van der Waals surface area contributed by atoms with E-state index in [4.69, 9.17) is 9.47 Å². The first-order chi connectivity index (χ1) is 9.22. The van der Waals surface area contributed by atoms with Gasteiger partial charge in [0.05, 0.1) is 7.11 Å². The fourth-order valence-corrected chi connectivity index (χ4v) is 2.33. The summed E-state index contributed by atoms with van der Waals surface area (Å²) < 4.78 is 10.6. The predicted octanol–water partition coefficient (Wildman–Crippen LogP) is 2.34. The Morgan fingerprint density at radius 2 is 2.05 bits per heavy atom. The summed E-state index contributed by atoms with van der Waals surface area (Å²) in [6.07, 6.45) is 2.92. The van der Waals surface area contributed by atoms with Crippen LogP contribution in [0.25, 0.3) is 0 Å². The largest absolute Gasteiger partial charge is 0.489 e. The molecule has 1 aliphatic heterocycles. The molecule has 2 unspecified atom stereocenters. The maximum atomic E-state index is 11.4. The van der Waals surface area contributed by atoms with E-state index in [0.29, 0.717) is 13.0 Å². The molecule has 1 aromatic carbocycles. The number of hydrogen-bond acceptors (Lipinski definition) is 4. The van der Waals surface area contributed by atoms with E-state index in [-0.39, 0.29) is 30.5 Å². The van der Waals surface area contributed by atoms with Gasteiger partial charge in [-0.3, -0.25) is 4.79 Å². The quantitative estimate of drug-likeness (QED) is 0.848. The van der Waals surface area contributed by atoms with Gasteiger partial charge in [-0.2, -0.15) is 0 Å². The van der Waals surface area contributed by atoms with E-state index in [9.17, 15) is 4.79 Å². The van der Waals surface area contributed by atoms with E-state index in [1.54, 1.807) is 0 Å². The second kappa shape index (κ2) is 8.12. The Balaban J connectivity index is 0.00000200. The number of nitrogens with one attached hydrogen (secondary N) is 1. The maximum Gasteiger partial charge on any atom is 0.323 e. The number of benzene rings is 1. The summed E-state index contributed by atoms with van der Waals surface area (Å²) in [6, 6.07) is 7.94. The minimum Gasteiger partial charge on any atom is -0.489 e. The summed E-state index contributed by atoms with van der Waals surface area (Å²) in [7, 11) is 1.41. The van der Waals surface area contributed by atoms with Crippen LogP contribution in [0.2, 0.25) is 0 Å². The molecule has 0 spiro atoms. The average molecular weight is 300 g/mol. The zero-order valence-corrected chi connectivity index (χ0v) is 12.7. The fraction of sp³-hybridized carbons (Fsp3) is 0.533. The standard InChI is InChI=1S/C15H21NO3.ClH/c1-3-4-11-5-7-12(8-6-11)19-13-9-14(16-10-13)15(17)18-2;/h5-8,13-14,16H,3-4,9-10H2,1-2H3;1H. The smallest absolute Gasteiger partial charge is 0.323 e. The molecule has 1 saturated heterocycles. The van der Waals surface area contributed by atoms with Crippen molar-refractivity contribution in [2.24, 2.45) is 0 Å². The number of carbonyl (C=O) groups excluding carboxylic acids is 1. The lowest BCUT2D eigenvalue weighted by Crippen LogP contribution is -2.31. The Bertz CT molecular complexity index is 422. The monoisotopic (exact) mass is 299 g/mol. The highest BCUT2D eigenvalue weighted by Gasteiger charge is 2.31. The molecule has 0 saturated carbocycles. The third-order valence-electron chi connectivity index (χ3n) is 3.34. The third-order valence-corrected chi connectivity index (χ3v) is 3.34. The molecule has 5 heteroatoms. The molecule has 1 fully saturated rings. The van der Waals surface area contributed by atoms with Crippen LogP contribution in [0.4, 0.5) is 0 Å². The molecule has 20 heavy (non-hydrogen) atoms. The number of halogens is 1. The summed E-state index contributed by atoms with van der Waals surface area (Å²) in [5.41, 5.74) is 1.33. The van der Waals surface area contributed by atoms with E-state index >= 15 is 0 Å². The molecule has 2 atom stereocenters. The van der Waals surface area contributed by atoms with Gasteiger partial charge in [0.15, 0.2) is 0 Å². The van der Waals surface area contributed by atoms with Gasteiger partial charge in [0, 0.05) is 13.0 Å². The van der Waals surface area contributed by atoms with E-state index in [0.717, 1.165) is 18.6 Å². The highest BCUT2D eigenvalue weighted by molar-refractivity contribution is 5.85. The Labute approximate surface area is 126 Å². The van der Waals surface area contributed by atoms with Crippen molar-refractivity contribution in [2.45, 2.75) is 38.3 Å². The molecule has 1 aromatic rings. The Morgan fingerprint density at radius 1 is 1.35 bits per heavy atom. The van der Waals surface area contributed by atoms with Crippen molar-refractivity contribution in [2.75, 3.05) is 13.7 Å². The summed E-state index contributed by atoms with van der Waals surface area (Å²) >= 11 is 0. The molecule has 0 aromatic heterocycles. The number of aryl methyl sites for hydroxylation is 1. The SMILES string of the molecule is CCCc1ccc(OC2CNC(C(=O)OC)C2)cc1.Cl. The van der Waals surface area contributed by atoms with Gasteiger partial charge in [0.25, 0.3) is 0 Å². The van der Waals surface area contributed by atoms with Crippen molar-refractivity contribution in [1.82, 2.24) is 5.32 Å². The summed E-state index contributed by atoms with van der Waals surface area (Å²) in [5, 5.41) is 3.11. The lowest BCUT2D eigenvalue weighted by molar-refractivity contribution is -0.142. The normalized spacial score (nSPS) is 21.1. The topological polar surface area (TPSA) is 47.6 Å². The Morgan fingerprint density at radius 3 is 2.65 bits per heavy atom. The lowest BCUT2D eigenvalue weighted by Gasteiger charge is -2.13. The van der Waals surface area contributed by atoms with Gasteiger partial charge in [0.2, 0.25) is 0 Å². The van der Waals surface area contributed by atoms with E-state index in [1.807, 2.05) is 12.1 Å². The van der Waals surface area contributed by atoms with Gasteiger partial charge in [0.1, 0.15) is 17.9 Å². The van der Waals surface area contributed by atoms with Crippen molar-refractivity contribution in [1.29, 1.82) is 0 Å². The van der Waals surface area contributed by atoms with Crippen LogP contribution >= 0.6 is 12.4 Å². The van der Waals surface area contributed by atoms with E-state index in [1.165, 1.54) is 12.7 Å². The van der Waals surface area contributed by atoms with Crippen LogP contribution in [-0.2, 0) is 16.0 Å². The van der Waals surface area contributed by atoms with Crippen LogP contribution in [-0.4, -0.2) is 31.8 Å². The molecule has 4 nitrogen and oxygen atoms in total. The Hall–Kier alpha value is -1.26. The number of esters is 1. The minimum atomic E-state index is -0.241. The van der Waals surface area contributed by atoms with Crippen molar-refractivity contribution < 1.29 is 14.3 Å². The molecule has 1 heterocycles. The zero-order valence-electron chi connectivity index (χ0n) is 11.9. The van der Waals surface area contributed by atoms with Gasteiger partial charge in [-0.1, -0.05) is 25.5 Å². The fourth-order valence-electron chi connectivity index (χ4n) is 2.33. The predicted molar refractivity (Wildman–Crippen MR) is 80.5 cm³/mol. The maximum absolute atomic E-state index is 11.4. The molecule has 1 N–H and O–H groups in total. The van der Waals surface area contributed by atoms with Gasteiger partial charge < -0.3 is 14.8 Å². The van der Waals surface area contributed by atoms with Crippen LogP contribution in [0, 0.1) is 0 Å². The first-order valence-corrected chi connectivity index (χ1v) is 6.79. The number of methoxy groups -OCH3 is 1. The number of carbonyl (C=O) groups is 1. The first-order valence-electron chi connectivity index (χ1n) is 6.79. The highest BCUT2D eigenvalue weighted by atomic mass is 35.5. The summed E-state index contributed by atoms with van der Waals surface area (Å²) in [6.45, 7) is 2.85.